The molecule has 0 radical (unpaired) electrons. The molecule has 19 heavy (non-hydrogen) atoms. The summed E-state index contributed by atoms with van der Waals surface area (Å²) in [5, 5.41) is 0. The number of thiophene rings is 1. The van der Waals surface area contributed by atoms with Gasteiger partial charge in [-0.15, -0.1) is 11.3 Å². The molecule has 0 aromatic carbocycles. The maximum atomic E-state index is 5.91. The lowest BCUT2D eigenvalue weighted by Crippen LogP contribution is -2.21. The first-order chi connectivity index (χ1) is 9.17. The van der Waals surface area contributed by atoms with E-state index in [0.717, 1.165) is 28.1 Å². The summed E-state index contributed by atoms with van der Waals surface area (Å²) in [4.78, 5) is 5.56. The van der Waals surface area contributed by atoms with E-state index in [1.165, 1.54) is 4.88 Å². The number of halogens is 1. The lowest BCUT2D eigenvalue weighted by atomic mass is 10.1. The van der Waals surface area contributed by atoms with Crippen molar-refractivity contribution in [2.75, 3.05) is 0 Å². The van der Waals surface area contributed by atoms with Gasteiger partial charge in [0.1, 0.15) is 12.4 Å². The molecule has 3 nitrogen and oxygen atoms in total. The lowest BCUT2D eigenvalue weighted by molar-refractivity contribution is 0.308. The molecule has 2 aromatic heterocycles. The Morgan fingerprint density at radius 1 is 1.37 bits per heavy atom. The summed E-state index contributed by atoms with van der Waals surface area (Å²) < 4.78 is 6.81. The molecule has 2 N–H and O–H groups in total. The zero-order valence-electron chi connectivity index (χ0n) is 10.8. The van der Waals surface area contributed by atoms with Crippen molar-refractivity contribution in [3.63, 3.8) is 0 Å². The molecule has 0 fully saturated rings. The number of hydrogen-bond donors (Lipinski definition) is 1. The number of rotatable bonds is 6. The van der Waals surface area contributed by atoms with Crippen molar-refractivity contribution < 1.29 is 4.74 Å². The number of nitrogens with two attached hydrogens (primary N) is 1. The predicted molar refractivity (Wildman–Crippen MR) is 82.6 cm³/mol. The van der Waals surface area contributed by atoms with E-state index in [1.807, 2.05) is 18.2 Å². The van der Waals surface area contributed by atoms with Gasteiger partial charge in [-0.2, -0.15) is 0 Å². The van der Waals surface area contributed by atoms with Crippen LogP contribution >= 0.6 is 27.3 Å². The molecule has 0 aliphatic carbocycles. The minimum absolute atomic E-state index is 0.183. The molecule has 0 spiro atoms. The molecular formula is C14H17BrN2OS. The van der Waals surface area contributed by atoms with E-state index in [4.69, 9.17) is 10.5 Å². The molecule has 0 amide bonds. The molecule has 102 valence electrons. The Morgan fingerprint density at radius 3 is 2.79 bits per heavy atom. The van der Waals surface area contributed by atoms with Crippen LogP contribution in [0.25, 0.3) is 0 Å². The molecule has 1 unspecified atom stereocenters. The Balaban J connectivity index is 1.88. The third-order valence-corrected chi connectivity index (χ3v) is 4.40. The summed E-state index contributed by atoms with van der Waals surface area (Å²) in [6, 6.07) is 8.19. The second kappa shape index (κ2) is 7.03. The zero-order valence-corrected chi connectivity index (χ0v) is 13.2. The van der Waals surface area contributed by atoms with Gasteiger partial charge in [0.15, 0.2) is 0 Å². The molecule has 0 bridgehead atoms. The summed E-state index contributed by atoms with van der Waals surface area (Å²) in [5.41, 5.74) is 6.92. The molecule has 0 aliphatic heterocycles. The average molecular weight is 341 g/mol. The van der Waals surface area contributed by atoms with Crippen LogP contribution in [0.3, 0.4) is 0 Å². The molecule has 1 atom stereocenters. The standard InChI is InChI=1S/C14H17BrN2OS/c1-2-10(16)7-11-3-4-12(8-17-11)18-9-13-5-6-14(15)19-13/h3-6,8,10H,2,7,9,16H2,1H3. The third-order valence-electron chi connectivity index (χ3n) is 2.80. The van der Waals surface area contributed by atoms with Gasteiger partial charge in [-0.3, -0.25) is 4.98 Å². The summed E-state index contributed by atoms with van der Waals surface area (Å²) in [7, 11) is 0. The third kappa shape index (κ3) is 4.60. The number of nitrogens with zero attached hydrogens (tertiary/aromatic N) is 1. The predicted octanol–water partition coefficient (Wildman–Crippen LogP) is 3.76. The second-order valence-electron chi connectivity index (χ2n) is 4.35. The van der Waals surface area contributed by atoms with Gasteiger partial charge in [0.2, 0.25) is 0 Å². The largest absolute Gasteiger partial charge is 0.486 e. The van der Waals surface area contributed by atoms with E-state index in [9.17, 15) is 0 Å². The van der Waals surface area contributed by atoms with Crippen molar-refractivity contribution >= 4 is 27.3 Å². The van der Waals surface area contributed by atoms with Crippen LogP contribution in [0.2, 0.25) is 0 Å². The van der Waals surface area contributed by atoms with Crippen molar-refractivity contribution in [2.24, 2.45) is 5.73 Å². The van der Waals surface area contributed by atoms with Gasteiger partial charge in [0.25, 0.3) is 0 Å². The van der Waals surface area contributed by atoms with E-state index in [1.54, 1.807) is 17.5 Å². The number of aromatic nitrogens is 1. The van der Waals surface area contributed by atoms with Gasteiger partial charge in [-0.1, -0.05) is 6.92 Å². The Labute approximate surface area is 125 Å². The quantitative estimate of drug-likeness (QED) is 0.870. The SMILES string of the molecule is CCC(N)Cc1ccc(OCc2ccc(Br)s2)cn1. The average Bonchev–Trinajstić information content (AvgIpc) is 2.83. The minimum atomic E-state index is 0.183. The van der Waals surface area contributed by atoms with Crippen LogP contribution in [-0.2, 0) is 13.0 Å². The monoisotopic (exact) mass is 340 g/mol. The molecular weight excluding hydrogens is 324 g/mol. The van der Waals surface area contributed by atoms with E-state index >= 15 is 0 Å². The summed E-state index contributed by atoms with van der Waals surface area (Å²) in [5.74, 6) is 0.790. The first-order valence-electron chi connectivity index (χ1n) is 6.25. The fourth-order valence-electron chi connectivity index (χ4n) is 1.61. The van der Waals surface area contributed by atoms with Crippen LogP contribution in [-0.4, -0.2) is 11.0 Å². The van der Waals surface area contributed by atoms with Crippen molar-refractivity contribution in [1.82, 2.24) is 4.98 Å². The second-order valence-corrected chi connectivity index (χ2v) is 6.90. The van der Waals surface area contributed by atoms with Crippen molar-refractivity contribution in [1.29, 1.82) is 0 Å². The van der Waals surface area contributed by atoms with Crippen molar-refractivity contribution in [2.45, 2.75) is 32.4 Å². The molecule has 0 aliphatic rings. The van der Waals surface area contributed by atoms with E-state index in [-0.39, 0.29) is 6.04 Å². The Kier molecular flexibility index (Phi) is 5.36. The van der Waals surface area contributed by atoms with Gasteiger partial charge >= 0.3 is 0 Å². The van der Waals surface area contributed by atoms with Crippen molar-refractivity contribution in [3.8, 4) is 5.75 Å². The van der Waals surface area contributed by atoms with Gasteiger partial charge in [-0.25, -0.2) is 0 Å². The maximum absolute atomic E-state index is 5.91. The highest BCUT2D eigenvalue weighted by atomic mass is 79.9. The van der Waals surface area contributed by atoms with Crippen LogP contribution in [0.4, 0.5) is 0 Å². The highest BCUT2D eigenvalue weighted by Gasteiger charge is 2.04. The maximum Gasteiger partial charge on any atom is 0.138 e. The normalized spacial score (nSPS) is 12.4. The number of pyridine rings is 1. The molecule has 2 aromatic rings. The van der Waals surface area contributed by atoms with E-state index in [2.05, 4.69) is 33.9 Å². The van der Waals surface area contributed by atoms with Gasteiger partial charge < -0.3 is 10.5 Å². The Bertz CT molecular complexity index is 512. The highest BCUT2D eigenvalue weighted by Crippen LogP contribution is 2.23. The van der Waals surface area contributed by atoms with E-state index in [0.29, 0.717) is 6.61 Å². The first-order valence-corrected chi connectivity index (χ1v) is 7.86. The van der Waals surface area contributed by atoms with Gasteiger partial charge in [-0.05, 0) is 46.6 Å². The molecule has 0 saturated heterocycles. The van der Waals surface area contributed by atoms with Crippen LogP contribution in [0, 0.1) is 0 Å². The van der Waals surface area contributed by atoms with Gasteiger partial charge in [0, 0.05) is 23.0 Å². The van der Waals surface area contributed by atoms with Crippen molar-refractivity contribution in [3.05, 3.63) is 44.8 Å². The zero-order chi connectivity index (χ0) is 13.7. The molecule has 2 rings (SSSR count). The number of hydrogen-bond acceptors (Lipinski definition) is 4. The fourth-order valence-corrected chi connectivity index (χ4v) is 3.01. The summed E-state index contributed by atoms with van der Waals surface area (Å²) in [6.45, 7) is 2.66. The lowest BCUT2D eigenvalue weighted by Gasteiger charge is -2.09. The molecule has 2 heterocycles. The van der Waals surface area contributed by atoms with Crippen LogP contribution in [0.5, 0.6) is 5.75 Å². The summed E-state index contributed by atoms with van der Waals surface area (Å²) >= 11 is 5.11. The summed E-state index contributed by atoms with van der Waals surface area (Å²) in [6.07, 6.45) is 3.54. The minimum Gasteiger partial charge on any atom is -0.486 e. The van der Waals surface area contributed by atoms with E-state index < -0.39 is 0 Å². The fraction of sp³-hybridized carbons (Fsp3) is 0.357. The number of ether oxygens (including phenoxy) is 1. The van der Waals surface area contributed by atoms with Crippen LogP contribution in [0.15, 0.2) is 34.2 Å². The smallest absolute Gasteiger partial charge is 0.138 e. The van der Waals surface area contributed by atoms with Gasteiger partial charge in [0.05, 0.1) is 9.98 Å². The topological polar surface area (TPSA) is 48.1 Å². The molecule has 0 saturated carbocycles. The first kappa shape index (κ1) is 14.5. The highest BCUT2D eigenvalue weighted by molar-refractivity contribution is 9.11. The Morgan fingerprint density at radius 2 is 2.21 bits per heavy atom. The molecule has 5 heteroatoms. The van der Waals surface area contributed by atoms with Crippen LogP contribution < -0.4 is 10.5 Å². The van der Waals surface area contributed by atoms with Crippen LogP contribution in [0.1, 0.15) is 23.9 Å². The Hall–Kier alpha value is -0.910.